The van der Waals surface area contributed by atoms with E-state index in [-0.39, 0.29) is 23.7 Å². The van der Waals surface area contributed by atoms with Gasteiger partial charge in [-0.05, 0) is 48.4 Å². The van der Waals surface area contributed by atoms with Gasteiger partial charge in [-0.2, -0.15) is 0 Å². The van der Waals surface area contributed by atoms with Crippen molar-refractivity contribution in [3.05, 3.63) is 42.0 Å². The maximum Gasteiger partial charge on any atom is 0.338 e. The van der Waals surface area contributed by atoms with Gasteiger partial charge in [-0.1, -0.05) is 26.0 Å². The zero-order chi connectivity index (χ0) is 18.8. The fourth-order valence-corrected chi connectivity index (χ4v) is 3.76. The first-order valence-corrected chi connectivity index (χ1v) is 8.86. The summed E-state index contributed by atoms with van der Waals surface area (Å²) >= 11 is 0. The third-order valence-electron chi connectivity index (χ3n) is 4.98. The van der Waals surface area contributed by atoms with Crippen molar-refractivity contribution in [3.8, 4) is 0 Å². The average Bonchev–Trinajstić information content (AvgIpc) is 3.21. The molecule has 6 nitrogen and oxygen atoms in total. The minimum absolute atomic E-state index is 0.0219. The molecule has 1 saturated carbocycles. The lowest BCUT2D eigenvalue weighted by atomic mass is 9.82. The van der Waals surface area contributed by atoms with E-state index in [1.54, 1.807) is 24.3 Å². The number of ether oxygens (including phenoxy) is 1. The quantitative estimate of drug-likeness (QED) is 0.603. The Morgan fingerprint density at radius 2 is 1.73 bits per heavy atom. The summed E-state index contributed by atoms with van der Waals surface area (Å²) in [5.41, 5.74) is 0.946. The van der Waals surface area contributed by atoms with Gasteiger partial charge >= 0.3 is 11.9 Å². The van der Waals surface area contributed by atoms with E-state index in [4.69, 9.17) is 4.74 Å². The van der Waals surface area contributed by atoms with Crippen molar-refractivity contribution >= 4 is 23.5 Å². The lowest BCUT2D eigenvalue weighted by Crippen LogP contribution is -2.36. The van der Waals surface area contributed by atoms with Gasteiger partial charge in [0.1, 0.15) is 0 Å². The Morgan fingerprint density at radius 1 is 1.12 bits per heavy atom. The smallest absolute Gasteiger partial charge is 0.338 e. The molecule has 26 heavy (non-hydrogen) atoms. The van der Waals surface area contributed by atoms with Crippen LogP contribution < -0.4 is 5.32 Å². The molecule has 0 spiro atoms. The molecule has 138 valence electrons. The Balaban J connectivity index is 1.64. The predicted molar refractivity (Wildman–Crippen MR) is 95.5 cm³/mol. The van der Waals surface area contributed by atoms with Crippen molar-refractivity contribution in [1.82, 2.24) is 0 Å². The van der Waals surface area contributed by atoms with Crippen LogP contribution >= 0.6 is 0 Å². The molecule has 2 N–H and O–H groups in total. The van der Waals surface area contributed by atoms with Crippen molar-refractivity contribution in [2.45, 2.75) is 20.3 Å². The summed E-state index contributed by atoms with van der Waals surface area (Å²) in [4.78, 5) is 36.1. The molecule has 0 radical (unpaired) electrons. The molecule has 1 amide bonds. The van der Waals surface area contributed by atoms with Crippen LogP contribution in [0.4, 0.5) is 5.69 Å². The molecule has 2 aliphatic carbocycles. The van der Waals surface area contributed by atoms with Crippen LogP contribution in [0.5, 0.6) is 0 Å². The van der Waals surface area contributed by atoms with Crippen molar-refractivity contribution < 1.29 is 24.2 Å². The van der Waals surface area contributed by atoms with Crippen molar-refractivity contribution in [1.29, 1.82) is 0 Å². The van der Waals surface area contributed by atoms with Gasteiger partial charge in [0.15, 0.2) is 0 Å². The normalized spacial score (nSPS) is 26.1. The summed E-state index contributed by atoms with van der Waals surface area (Å²) in [6.07, 6.45) is 4.57. The summed E-state index contributed by atoms with van der Waals surface area (Å²) < 4.78 is 5.17. The highest BCUT2D eigenvalue weighted by atomic mass is 16.5. The summed E-state index contributed by atoms with van der Waals surface area (Å²) in [6, 6.07) is 6.44. The van der Waals surface area contributed by atoms with Gasteiger partial charge in [-0.25, -0.2) is 4.79 Å². The van der Waals surface area contributed by atoms with Crippen molar-refractivity contribution in [2.75, 3.05) is 11.9 Å². The van der Waals surface area contributed by atoms with Gasteiger partial charge in [0.2, 0.25) is 5.91 Å². The third-order valence-corrected chi connectivity index (χ3v) is 4.98. The Morgan fingerprint density at radius 3 is 2.31 bits per heavy atom. The Kier molecular flexibility index (Phi) is 5.11. The second kappa shape index (κ2) is 7.32. The molecule has 0 aliphatic heterocycles. The number of amides is 1. The number of hydrogen-bond acceptors (Lipinski definition) is 4. The number of hydrogen-bond donors (Lipinski definition) is 2. The molecule has 1 fully saturated rings. The van der Waals surface area contributed by atoms with Crippen LogP contribution in [0.2, 0.25) is 0 Å². The number of carbonyl (C=O) groups excluding carboxylic acids is 2. The van der Waals surface area contributed by atoms with E-state index in [1.807, 2.05) is 26.0 Å². The number of allylic oxidation sites excluding steroid dienone is 2. The molecular weight excluding hydrogens is 334 g/mol. The second-order valence-corrected chi connectivity index (χ2v) is 7.40. The molecule has 1 aromatic rings. The van der Waals surface area contributed by atoms with Gasteiger partial charge in [0.25, 0.3) is 0 Å². The van der Waals surface area contributed by atoms with E-state index in [9.17, 15) is 19.5 Å². The first-order chi connectivity index (χ1) is 12.4. The number of carbonyl (C=O) groups is 3. The number of nitrogens with one attached hydrogen (secondary N) is 1. The number of fused-ring (bicyclic) bond motifs is 2. The van der Waals surface area contributed by atoms with Crippen LogP contribution in [0.3, 0.4) is 0 Å². The molecule has 0 unspecified atom stereocenters. The largest absolute Gasteiger partial charge is 0.481 e. The Bertz CT molecular complexity index is 737. The summed E-state index contributed by atoms with van der Waals surface area (Å²) in [5.74, 6) is -2.67. The van der Waals surface area contributed by atoms with Crippen LogP contribution in [0.25, 0.3) is 0 Å². The second-order valence-electron chi connectivity index (χ2n) is 7.40. The highest BCUT2D eigenvalue weighted by Crippen LogP contribution is 2.48. The van der Waals surface area contributed by atoms with E-state index in [1.165, 1.54) is 0 Å². The molecule has 3 rings (SSSR count). The third kappa shape index (κ3) is 3.64. The van der Waals surface area contributed by atoms with Crippen LogP contribution in [0.1, 0.15) is 30.6 Å². The Hall–Kier alpha value is -2.63. The molecule has 0 aromatic heterocycles. The first kappa shape index (κ1) is 18.2. The minimum Gasteiger partial charge on any atom is -0.481 e. The van der Waals surface area contributed by atoms with E-state index >= 15 is 0 Å². The van der Waals surface area contributed by atoms with E-state index in [0.29, 0.717) is 17.9 Å². The van der Waals surface area contributed by atoms with Crippen molar-refractivity contribution in [2.24, 2.45) is 29.6 Å². The molecular formula is C20H23NO5. The van der Waals surface area contributed by atoms with Gasteiger partial charge in [0.05, 0.1) is 24.0 Å². The molecule has 4 atom stereocenters. The van der Waals surface area contributed by atoms with Gasteiger partial charge in [-0.15, -0.1) is 0 Å². The predicted octanol–water partition coefficient (Wildman–Crippen LogP) is 2.96. The average molecular weight is 357 g/mol. The number of benzene rings is 1. The lowest BCUT2D eigenvalue weighted by molar-refractivity contribution is -0.146. The molecule has 0 saturated heterocycles. The summed E-state index contributed by atoms with van der Waals surface area (Å²) in [6.45, 7) is 4.27. The topological polar surface area (TPSA) is 92.7 Å². The fraction of sp³-hybridized carbons (Fsp3) is 0.450. The highest BCUT2D eigenvalue weighted by Gasteiger charge is 2.51. The summed E-state index contributed by atoms with van der Waals surface area (Å²) in [7, 11) is 0. The van der Waals surface area contributed by atoms with E-state index in [2.05, 4.69) is 5.32 Å². The molecule has 0 heterocycles. The first-order valence-electron chi connectivity index (χ1n) is 8.86. The fourth-order valence-electron chi connectivity index (χ4n) is 3.76. The monoisotopic (exact) mass is 357 g/mol. The highest BCUT2D eigenvalue weighted by molar-refractivity contribution is 5.97. The zero-order valence-electron chi connectivity index (χ0n) is 14.8. The van der Waals surface area contributed by atoms with Gasteiger partial charge in [-0.3, -0.25) is 9.59 Å². The van der Waals surface area contributed by atoms with E-state index < -0.39 is 23.8 Å². The van der Waals surface area contributed by atoms with Crippen LogP contribution in [-0.2, 0) is 14.3 Å². The number of aliphatic carboxylic acids is 1. The standard InChI is InChI=1S/C20H23NO5/c1-11(2)10-26-20(25)12-5-7-15(8-6-12)21-18(22)16-13-3-4-14(9-13)17(16)19(23)24/h3-8,11,13-14,16-17H,9-10H2,1-2H3,(H,21,22)(H,23,24)/t13-,14+,16+,17+/m1/s1. The van der Waals surface area contributed by atoms with Crippen molar-refractivity contribution in [3.63, 3.8) is 0 Å². The Labute approximate surface area is 152 Å². The molecule has 2 aliphatic rings. The number of rotatable bonds is 6. The van der Waals surface area contributed by atoms with Gasteiger partial charge < -0.3 is 15.2 Å². The minimum atomic E-state index is -0.926. The number of esters is 1. The number of carboxylic acids is 1. The summed E-state index contributed by atoms with van der Waals surface area (Å²) in [5, 5.41) is 12.2. The number of anilines is 1. The van der Waals surface area contributed by atoms with E-state index in [0.717, 1.165) is 6.42 Å². The zero-order valence-corrected chi connectivity index (χ0v) is 14.8. The maximum atomic E-state index is 12.6. The van der Waals surface area contributed by atoms with Crippen LogP contribution in [-0.4, -0.2) is 29.6 Å². The van der Waals surface area contributed by atoms with Gasteiger partial charge in [0, 0.05) is 5.69 Å². The molecule has 1 aromatic carbocycles. The molecule has 2 bridgehead atoms. The van der Waals surface area contributed by atoms with Crippen LogP contribution in [0, 0.1) is 29.6 Å². The SMILES string of the molecule is CC(C)COC(=O)c1ccc(NC(=O)[C@@H]2[C@@H](C(=O)O)[C@H]3C=C[C@@H]2C3)cc1. The maximum absolute atomic E-state index is 12.6. The number of carboxylic acid groups (broad SMARTS) is 1. The lowest BCUT2D eigenvalue weighted by Gasteiger charge is -2.23. The van der Waals surface area contributed by atoms with Crippen LogP contribution in [0.15, 0.2) is 36.4 Å². The molecule has 6 heteroatoms.